The van der Waals surface area contributed by atoms with Crippen LogP contribution in [0.5, 0.6) is 0 Å². The van der Waals surface area contributed by atoms with Gasteiger partial charge in [-0.15, -0.1) is 0 Å². The summed E-state index contributed by atoms with van der Waals surface area (Å²) in [6.07, 6.45) is 7.38. The van der Waals surface area contributed by atoms with Crippen LogP contribution in [0.4, 0.5) is 5.82 Å². The van der Waals surface area contributed by atoms with E-state index in [9.17, 15) is 0 Å². The van der Waals surface area contributed by atoms with Crippen LogP contribution in [0.2, 0.25) is 0 Å². The Morgan fingerprint density at radius 3 is 2.62 bits per heavy atom. The zero-order valence-electron chi connectivity index (χ0n) is 13.9. The van der Waals surface area contributed by atoms with Crippen molar-refractivity contribution in [3.05, 3.63) is 30.0 Å². The van der Waals surface area contributed by atoms with Gasteiger partial charge in [0.2, 0.25) is 0 Å². The molecule has 0 amide bonds. The summed E-state index contributed by atoms with van der Waals surface area (Å²) < 4.78 is 0. The molecule has 116 valence electrons. The van der Waals surface area contributed by atoms with Crippen molar-refractivity contribution < 1.29 is 0 Å². The van der Waals surface area contributed by atoms with Crippen molar-refractivity contribution in [3.8, 4) is 0 Å². The lowest BCUT2D eigenvalue weighted by molar-refractivity contribution is 0.452. The molecule has 21 heavy (non-hydrogen) atoms. The number of nitrogens with one attached hydrogen (secondary N) is 2. The number of aromatic nitrogens is 1. The largest absolute Gasteiger partial charge is 0.367 e. The lowest BCUT2D eigenvalue weighted by atomic mass is 10.1. The van der Waals surface area contributed by atoms with E-state index in [1.165, 1.54) is 31.3 Å². The minimum atomic E-state index is 0.119. The van der Waals surface area contributed by atoms with Gasteiger partial charge in [-0.05, 0) is 58.2 Å². The van der Waals surface area contributed by atoms with E-state index in [0.29, 0.717) is 6.04 Å². The minimum absolute atomic E-state index is 0.119. The first-order valence-corrected chi connectivity index (χ1v) is 8.12. The maximum absolute atomic E-state index is 4.79. The number of hydrogen-bond acceptors (Lipinski definition) is 3. The molecule has 0 unspecified atom stereocenters. The van der Waals surface area contributed by atoms with Crippen LogP contribution < -0.4 is 10.6 Å². The Balaban J connectivity index is 2.04. The van der Waals surface area contributed by atoms with Gasteiger partial charge in [-0.25, -0.2) is 4.98 Å². The third-order valence-corrected chi connectivity index (χ3v) is 3.94. The average Bonchev–Trinajstić information content (AvgIpc) is 2.91. The minimum Gasteiger partial charge on any atom is -0.367 e. The fourth-order valence-corrected chi connectivity index (χ4v) is 2.67. The highest BCUT2D eigenvalue weighted by molar-refractivity contribution is 5.65. The van der Waals surface area contributed by atoms with Gasteiger partial charge < -0.3 is 10.6 Å². The monoisotopic (exact) mass is 287 g/mol. The van der Waals surface area contributed by atoms with Crippen molar-refractivity contribution in [3.63, 3.8) is 0 Å². The van der Waals surface area contributed by atoms with Crippen LogP contribution in [0, 0.1) is 0 Å². The first-order valence-electron chi connectivity index (χ1n) is 8.12. The van der Waals surface area contributed by atoms with Gasteiger partial charge in [0.15, 0.2) is 0 Å². The van der Waals surface area contributed by atoms with E-state index in [1.807, 2.05) is 0 Å². The molecule has 3 nitrogen and oxygen atoms in total. The van der Waals surface area contributed by atoms with Crippen molar-refractivity contribution in [2.24, 2.45) is 0 Å². The zero-order valence-corrected chi connectivity index (χ0v) is 13.9. The van der Waals surface area contributed by atoms with Crippen LogP contribution in [0.3, 0.4) is 0 Å². The van der Waals surface area contributed by atoms with Crippen LogP contribution >= 0.6 is 0 Å². The zero-order chi connectivity index (χ0) is 15.3. The lowest BCUT2D eigenvalue weighted by Crippen LogP contribution is -2.36. The molecule has 2 N–H and O–H groups in total. The van der Waals surface area contributed by atoms with E-state index in [4.69, 9.17) is 4.98 Å². The molecule has 1 fully saturated rings. The van der Waals surface area contributed by atoms with Crippen LogP contribution in [-0.4, -0.2) is 23.1 Å². The fourth-order valence-electron chi connectivity index (χ4n) is 2.67. The second-order valence-corrected chi connectivity index (χ2v) is 6.95. The average molecular weight is 287 g/mol. The highest BCUT2D eigenvalue weighted by Crippen LogP contribution is 2.22. The Kier molecular flexibility index (Phi) is 5.40. The maximum atomic E-state index is 4.79. The SMILES string of the molecule is C/C=C(/CNC(C)(C)C)c1cccc(NC2CCCC2)n1. The molecule has 0 atom stereocenters. The van der Waals surface area contributed by atoms with Gasteiger partial charge in [0.05, 0.1) is 5.69 Å². The summed E-state index contributed by atoms with van der Waals surface area (Å²) in [5.74, 6) is 1.01. The molecular formula is C18H29N3. The smallest absolute Gasteiger partial charge is 0.126 e. The van der Waals surface area contributed by atoms with Gasteiger partial charge >= 0.3 is 0 Å². The van der Waals surface area contributed by atoms with Crippen molar-refractivity contribution >= 4 is 11.4 Å². The van der Waals surface area contributed by atoms with Crippen molar-refractivity contribution in [1.29, 1.82) is 0 Å². The molecule has 3 heteroatoms. The van der Waals surface area contributed by atoms with Gasteiger partial charge in [0, 0.05) is 18.1 Å². The number of pyridine rings is 1. The molecular weight excluding hydrogens is 258 g/mol. The first-order chi connectivity index (χ1) is 9.98. The maximum Gasteiger partial charge on any atom is 0.126 e. The predicted octanol–water partition coefficient (Wildman–Crippen LogP) is 4.23. The molecule has 2 rings (SSSR count). The number of anilines is 1. The molecule has 1 aromatic rings. The standard InChI is InChI=1S/C18H29N3/c1-5-14(13-19-18(2,3)4)16-11-8-12-17(21-16)20-15-9-6-7-10-15/h5,8,11-12,15,19H,6-7,9-10,13H2,1-4H3,(H,20,21)/b14-5-. The summed E-state index contributed by atoms with van der Waals surface area (Å²) in [5.41, 5.74) is 2.44. The molecule has 1 aromatic heterocycles. The quantitative estimate of drug-likeness (QED) is 0.851. The van der Waals surface area contributed by atoms with E-state index in [-0.39, 0.29) is 5.54 Å². The molecule has 0 spiro atoms. The summed E-state index contributed by atoms with van der Waals surface area (Å²) in [5, 5.41) is 7.11. The Labute approximate surface area is 129 Å². The van der Waals surface area contributed by atoms with Gasteiger partial charge in [0.1, 0.15) is 5.82 Å². The summed E-state index contributed by atoms with van der Waals surface area (Å²) in [6, 6.07) is 6.88. The van der Waals surface area contributed by atoms with Crippen molar-refractivity contribution in [2.45, 2.75) is 65.0 Å². The number of hydrogen-bond donors (Lipinski definition) is 2. The van der Waals surface area contributed by atoms with Gasteiger partial charge in [-0.2, -0.15) is 0 Å². The van der Waals surface area contributed by atoms with E-state index in [1.54, 1.807) is 0 Å². The molecule has 1 aliphatic rings. The van der Waals surface area contributed by atoms with E-state index in [2.05, 4.69) is 62.6 Å². The molecule has 0 aliphatic heterocycles. The summed E-state index contributed by atoms with van der Waals surface area (Å²) >= 11 is 0. The van der Waals surface area contributed by atoms with Crippen LogP contribution in [0.15, 0.2) is 24.3 Å². The van der Waals surface area contributed by atoms with Crippen LogP contribution in [0.1, 0.15) is 59.1 Å². The Morgan fingerprint density at radius 1 is 1.29 bits per heavy atom. The molecule has 1 heterocycles. The fraction of sp³-hybridized carbons (Fsp3) is 0.611. The predicted molar refractivity (Wildman–Crippen MR) is 91.5 cm³/mol. The van der Waals surface area contributed by atoms with Crippen LogP contribution in [0.25, 0.3) is 5.57 Å². The topological polar surface area (TPSA) is 37.0 Å². The van der Waals surface area contributed by atoms with E-state index < -0.39 is 0 Å². The summed E-state index contributed by atoms with van der Waals surface area (Å²) in [4.78, 5) is 4.79. The molecule has 0 bridgehead atoms. The molecule has 1 saturated carbocycles. The summed E-state index contributed by atoms with van der Waals surface area (Å²) in [6.45, 7) is 9.49. The highest BCUT2D eigenvalue weighted by Gasteiger charge is 2.15. The van der Waals surface area contributed by atoms with E-state index >= 15 is 0 Å². The molecule has 0 saturated heterocycles. The molecule has 1 aliphatic carbocycles. The highest BCUT2D eigenvalue weighted by atomic mass is 15.0. The van der Waals surface area contributed by atoms with Gasteiger partial charge in [0.25, 0.3) is 0 Å². The van der Waals surface area contributed by atoms with Gasteiger partial charge in [-0.1, -0.05) is 25.0 Å². The van der Waals surface area contributed by atoms with Crippen LogP contribution in [-0.2, 0) is 0 Å². The second kappa shape index (κ2) is 7.08. The van der Waals surface area contributed by atoms with Crippen molar-refractivity contribution in [2.75, 3.05) is 11.9 Å². The third kappa shape index (κ3) is 5.16. The molecule has 0 aromatic carbocycles. The third-order valence-electron chi connectivity index (χ3n) is 3.94. The Bertz CT molecular complexity index is 479. The number of rotatable bonds is 5. The normalized spacial score (nSPS) is 17.2. The Morgan fingerprint density at radius 2 is 2.00 bits per heavy atom. The van der Waals surface area contributed by atoms with Gasteiger partial charge in [-0.3, -0.25) is 0 Å². The van der Waals surface area contributed by atoms with E-state index in [0.717, 1.165) is 18.1 Å². The Hall–Kier alpha value is -1.35. The summed E-state index contributed by atoms with van der Waals surface area (Å²) in [7, 11) is 0. The second-order valence-electron chi connectivity index (χ2n) is 6.95. The van der Waals surface area contributed by atoms with Crippen molar-refractivity contribution in [1.82, 2.24) is 10.3 Å². The number of nitrogens with zero attached hydrogens (tertiary/aromatic N) is 1. The molecule has 0 radical (unpaired) electrons. The lowest BCUT2D eigenvalue weighted by Gasteiger charge is -2.22. The first kappa shape index (κ1) is 16.0. The number of allylic oxidation sites excluding steroid dienone is 1.